The number of aromatic nitrogens is 2. The molecule has 0 aliphatic heterocycles. The highest BCUT2D eigenvalue weighted by molar-refractivity contribution is 7.97. The largest absolute Gasteiger partial charge is 0.338 e. The Bertz CT molecular complexity index is 244. The average Bonchev–Trinajstić information content (AvgIpc) is 2.75. The molecule has 4 heteroatoms. The smallest absolute Gasteiger partial charge is 0.236 e. The van der Waals surface area contributed by atoms with Crippen LogP contribution in [0, 0.1) is 0 Å². The van der Waals surface area contributed by atoms with E-state index in [-0.39, 0.29) is 0 Å². The van der Waals surface area contributed by atoms with Gasteiger partial charge in [0.25, 0.3) is 0 Å². The van der Waals surface area contributed by atoms with Crippen LogP contribution in [0.15, 0.2) is 4.52 Å². The van der Waals surface area contributed by atoms with Crippen molar-refractivity contribution in [2.45, 2.75) is 24.5 Å². The lowest BCUT2D eigenvalue weighted by molar-refractivity contribution is 0.385. The summed E-state index contributed by atoms with van der Waals surface area (Å²) in [7, 11) is 0. The normalized spacial score (nSPS) is 17.2. The van der Waals surface area contributed by atoms with Gasteiger partial charge in [0.2, 0.25) is 5.89 Å². The lowest BCUT2D eigenvalue weighted by Gasteiger charge is -1.83. The minimum absolute atomic E-state index is 0.606. The number of hydrogen-bond donors (Lipinski definition) is 0. The topological polar surface area (TPSA) is 38.9 Å². The minimum atomic E-state index is 0.606. The van der Waals surface area contributed by atoms with Crippen molar-refractivity contribution in [2.24, 2.45) is 0 Å². The van der Waals surface area contributed by atoms with Gasteiger partial charge >= 0.3 is 0 Å². The van der Waals surface area contributed by atoms with E-state index in [1.54, 1.807) is 11.8 Å². The van der Waals surface area contributed by atoms with E-state index in [0.29, 0.717) is 5.92 Å². The molecule has 0 atom stereocenters. The molecule has 0 N–H and O–H groups in total. The Hall–Kier alpha value is -0.510. The molecule has 1 fully saturated rings. The second kappa shape index (κ2) is 2.85. The highest BCUT2D eigenvalue weighted by Crippen LogP contribution is 2.38. The number of thioether (sulfide) groups is 1. The summed E-state index contributed by atoms with van der Waals surface area (Å²) < 4.78 is 5.02. The van der Waals surface area contributed by atoms with Gasteiger partial charge in [-0.05, 0) is 19.1 Å². The monoisotopic (exact) mass is 170 g/mol. The first-order chi connectivity index (χ1) is 5.40. The summed E-state index contributed by atoms with van der Waals surface area (Å²) in [6, 6.07) is 0. The maximum atomic E-state index is 5.02. The van der Waals surface area contributed by atoms with Crippen LogP contribution in [-0.2, 0) is 5.75 Å². The summed E-state index contributed by atoms with van der Waals surface area (Å²) in [5.74, 6) is 3.11. The molecule has 2 rings (SSSR count). The highest BCUT2D eigenvalue weighted by atomic mass is 32.2. The van der Waals surface area contributed by atoms with Crippen LogP contribution in [0.3, 0.4) is 0 Å². The van der Waals surface area contributed by atoms with Gasteiger partial charge < -0.3 is 4.52 Å². The Morgan fingerprint density at radius 2 is 2.45 bits per heavy atom. The maximum absolute atomic E-state index is 5.02. The third-order valence-corrected chi connectivity index (χ3v) is 2.23. The fraction of sp³-hybridized carbons (Fsp3) is 0.714. The lowest BCUT2D eigenvalue weighted by Crippen LogP contribution is -1.82. The Morgan fingerprint density at radius 3 is 3.09 bits per heavy atom. The number of nitrogens with zero attached hydrogens (tertiary/aromatic N) is 2. The molecule has 0 saturated heterocycles. The van der Waals surface area contributed by atoms with E-state index >= 15 is 0 Å². The fourth-order valence-electron chi connectivity index (χ4n) is 0.957. The van der Waals surface area contributed by atoms with Gasteiger partial charge in [0.15, 0.2) is 5.82 Å². The number of rotatable bonds is 3. The fourth-order valence-corrected chi connectivity index (χ4v) is 1.32. The van der Waals surface area contributed by atoms with E-state index in [2.05, 4.69) is 10.1 Å². The second-order valence-corrected chi connectivity index (χ2v) is 3.62. The second-order valence-electron chi connectivity index (χ2n) is 2.75. The molecular weight excluding hydrogens is 160 g/mol. The summed E-state index contributed by atoms with van der Waals surface area (Å²) in [4.78, 5) is 4.26. The van der Waals surface area contributed by atoms with Gasteiger partial charge in [-0.3, -0.25) is 0 Å². The van der Waals surface area contributed by atoms with E-state index in [9.17, 15) is 0 Å². The molecule has 1 aromatic rings. The van der Waals surface area contributed by atoms with Gasteiger partial charge in [-0.2, -0.15) is 16.7 Å². The van der Waals surface area contributed by atoms with Crippen molar-refractivity contribution >= 4 is 11.8 Å². The van der Waals surface area contributed by atoms with Crippen LogP contribution in [-0.4, -0.2) is 16.4 Å². The molecule has 3 nitrogen and oxygen atoms in total. The third kappa shape index (κ3) is 1.56. The zero-order chi connectivity index (χ0) is 7.68. The van der Waals surface area contributed by atoms with Crippen LogP contribution in [0.4, 0.5) is 0 Å². The van der Waals surface area contributed by atoms with Gasteiger partial charge in [0.1, 0.15) is 0 Å². The van der Waals surface area contributed by atoms with E-state index in [0.717, 1.165) is 17.5 Å². The van der Waals surface area contributed by atoms with Gasteiger partial charge in [-0.25, -0.2) is 0 Å². The first kappa shape index (κ1) is 7.16. The van der Waals surface area contributed by atoms with Crippen molar-refractivity contribution in [1.29, 1.82) is 0 Å². The first-order valence-electron chi connectivity index (χ1n) is 3.71. The maximum Gasteiger partial charge on any atom is 0.236 e. The van der Waals surface area contributed by atoms with E-state index in [1.165, 1.54) is 12.8 Å². The van der Waals surface area contributed by atoms with Crippen LogP contribution in [0.25, 0.3) is 0 Å². The highest BCUT2D eigenvalue weighted by Gasteiger charge is 2.28. The predicted molar refractivity (Wildman–Crippen MR) is 43.5 cm³/mol. The first-order valence-corrected chi connectivity index (χ1v) is 5.11. The number of hydrogen-bond acceptors (Lipinski definition) is 4. The molecule has 1 aliphatic rings. The minimum Gasteiger partial charge on any atom is -0.338 e. The Balaban J connectivity index is 2.06. The molecular formula is C7H10N2OS. The van der Waals surface area contributed by atoms with Gasteiger partial charge in [0, 0.05) is 5.92 Å². The van der Waals surface area contributed by atoms with Crippen molar-refractivity contribution in [2.75, 3.05) is 6.26 Å². The summed E-state index contributed by atoms with van der Waals surface area (Å²) in [6.45, 7) is 0. The molecule has 60 valence electrons. The molecule has 0 unspecified atom stereocenters. The van der Waals surface area contributed by atoms with Crippen LogP contribution >= 0.6 is 11.8 Å². The van der Waals surface area contributed by atoms with Crippen molar-refractivity contribution in [1.82, 2.24) is 10.1 Å². The summed E-state index contributed by atoms with van der Waals surface area (Å²) >= 11 is 1.70. The zero-order valence-corrected chi connectivity index (χ0v) is 7.23. The predicted octanol–water partition coefficient (Wildman–Crippen LogP) is 1.81. The molecule has 1 aliphatic carbocycles. The summed E-state index contributed by atoms with van der Waals surface area (Å²) in [5.41, 5.74) is 0. The molecule has 0 amide bonds. The molecule has 0 radical (unpaired) electrons. The van der Waals surface area contributed by atoms with E-state index in [1.807, 2.05) is 6.26 Å². The Morgan fingerprint density at radius 1 is 1.64 bits per heavy atom. The zero-order valence-electron chi connectivity index (χ0n) is 6.41. The molecule has 0 aromatic carbocycles. The molecule has 0 spiro atoms. The molecule has 0 bridgehead atoms. The quantitative estimate of drug-likeness (QED) is 0.693. The molecule has 1 saturated carbocycles. The van der Waals surface area contributed by atoms with Crippen molar-refractivity contribution in [3.8, 4) is 0 Å². The van der Waals surface area contributed by atoms with E-state index < -0.39 is 0 Å². The lowest BCUT2D eigenvalue weighted by atomic mass is 10.4. The van der Waals surface area contributed by atoms with Crippen LogP contribution < -0.4 is 0 Å². The van der Waals surface area contributed by atoms with Gasteiger partial charge in [-0.15, -0.1) is 0 Å². The van der Waals surface area contributed by atoms with Crippen molar-refractivity contribution in [3.63, 3.8) is 0 Å². The molecule has 11 heavy (non-hydrogen) atoms. The molecule has 1 aromatic heterocycles. The van der Waals surface area contributed by atoms with Crippen LogP contribution in [0.2, 0.25) is 0 Å². The van der Waals surface area contributed by atoms with E-state index in [4.69, 9.17) is 4.52 Å². The van der Waals surface area contributed by atoms with Crippen LogP contribution in [0.1, 0.15) is 30.5 Å². The van der Waals surface area contributed by atoms with Gasteiger partial charge in [0.05, 0.1) is 5.75 Å². The average molecular weight is 170 g/mol. The third-order valence-electron chi connectivity index (χ3n) is 1.69. The summed E-state index contributed by atoms with van der Waals surface area (Å²) in [6.07, 6.45) is 4.50. The Kier molecular flexibility index (Phi) is 1.85. The summed E-state index contributed by atoms with van der Waals surface area (Å²) in [5, 5.41) is 3.90. The van der Waals surface area contributed by atoms with Crippen molar-refractivity contribution < 1.29 is 4.52 Å². The van der Waals surface area contributed by atoms with Crippen LogP contribution in [0.5, 0.6) is 0 Å². The van der Waals surface area contributed by atoms with Crippen molar-refractivity contribution in [3.05, 3.63) is 11.7 Å². The van der Waals surface area contributed by atoms with Gasteiger partial charge in [-0.1, -0.05) is 5.16 Å². The SMILES string of the molecule is CSCc1nc(C2CC2)no1. The Labute approximate surface area is 69.6 Å². The molecule has 1 heterocycles. The standard InChI is InChI=1S/C7H10N2OS/c1-11-4-6-8-7(9-10-6)5-2-3-5/h5H,2-4H2,1H3.